The van der Waals surface area contributed by atoms with Gasteiger partial charge in [-0.1, -0.05) is 6.07 Å². The molecule has 3 aromatic carbocycles. The van der Waals surface area contributed by atoms with E-state index in [4.69, 9.17) is 4.74 Å². The molecule has 220 valence electrons. The van der Waals surface area contributed by atoms with Gasteiger partial charge in [-0.25, -0.2) is 14.3 Å². The third-order valence-electron chi connectivity index (χ3n) is 6.07. The molecule has 0 bridgehead atoms. The van der Waals surface area contributed by atoms with E-state index in [2.05, 4.69) is 10.2 Å². The van der Waals surface area contributed by atoms with E-state index in [-0.39, 0.29) is 34.5 Å². The molecule has 0 spiro atoms. The first kappa shape index (κ1) is 29.8. The molecule has 0 saturated carbocycles. The number of aromatic amines is 1. The summed E-state index contributed by atoms with van der Waals surface area (Å²) in [6.07, 6.45) is -15.0. The Kier molecular flexibility index (Phi) is 7.76. The maximum Gasteiger partial charge on any atom is 0.416 e. The first-order chi connectivity index (χ1) is 19.0. The standard InChI is InChI=1S/C26H20F10N4O/c1-39-37-23(38-39)40(12-14-7-17(25(31,32)33)10-18(8-14)26(34,35)36)13-15-9-16(24(28,29)30)3-5-20(15)21-11-19(27)4-6-22(21)41-2/h3-11H,12-13H2,1-2H3,(H,37,38). The smallest absolute Gasteiger partial charge is 0.416 e. The van der Waals surface area contributed by atoms with Gasteiger partial charge in [-0.15, -0.1) is 5.10 Å². The van der Waals surface area contributed by atoms with Crippen molar-refractivity contribution in [2.75, 3.05) is 12.0 Å². The molecule has 0 amide bonds. The van der Waals surface area contributed by atoms with Gasteiger partial charge in [0.2, 0.25) is 5.95 Å². The number of nitrogens with one attached hydrogen (secondary N) is 1. The van der Waals surface area contributed by atoms with Crippen LogP contribution in [0.4, 0.5) is 49.9 Å². The number of nitrogens with zero attached hydrogens (tertiary/aromatic N) is 3. The summed E-state index contributed by atoms with van der Waals surface area (Å²) in [6.45, 7) is -1.08. The molecule has 4 aromatic rings. The molecule has 1 heterocycles. The van der Waals surface area contributed by atoms with Gasteiger partial charge in [-0.05, 0) is 65.2 Å². The highest BCUT2D eigenvalue weighted by molar-refractivity contribution is 5.74. The van der Waals surface area contributed by atoms with Crippen molar-refractivity contribution in [3.8, 4) is 16.9 Å². The van der Waals surface area contributed by atoms with Crippen LogP contribution in [0.1, 0.15) is 27.8 Å². The van der Waals surface area contributed by atoms with Crippen LogP contribution >= 0.6 is 0 Å². The van der Waals surface area contributed by atoms with E-state index in [1.807, 2.05) is 0 Å². The van der Waals surface area contributed by atoms with Crippen LogP contribution in [0.2, 0.25) is 0 Å². The Bertz CT molecular complexity index is 1490. The Labute approximate surface area is 225 Å². The van der Waals surface area contributed by atoms with E-state index in [0.717, 1.165) is 30.3 Å². The third kappa shape index (κ3) is 6.77. The van der Waals surface area contributed by atoms with E-state index in [9.17, 15) is 43.9 Å². The average molecular weight is 594 g/mol. The monoisotopic (exact) mass is 594 g/mol. The molecule has 4 rings (SSSR count). The number of benzene rings is 3. The summed E-state index contributed by atoms with van der Waals surface area (Å²) in [5, 5.41) is 6.66. The molecule has 1 N–H and O–H groups in total. The SMILES string of the molecule is COc1ccc(F)cc1-c1ccc(C(F)(F)F)cc1CN(Cc1cc(C(F)(F)F)cc(C(F)(F)F)c1)c1nn(C)[nH]1. The summed E-state index contributed by atoms with van der Waals surface area (Å²) in [7, 11) is 2.71. The van der Waals surface area contributed by atoms with Gasteiger partial charge in [0.05, 0.1) is 23.8 Å². The van der Waals surface area contributed by atoms with Crippen LogP contribution < -0.4 is 9.64 Å². The lowest BCUT2D eigenvalue weighted by Crippen LogP contribution is -2.30. The summed E-state index contributed by atoms with van der Waals surface area (Å²) in [5.74, 6) is -0.641. The molecule has 0 unspecified atom stereocenters. The number of alkyl halides is 9. The van der Waals surface area contributed by atoms with Crippen molar-refractivity contribution in [3.05, 3.63) is 88.2 Å². The van der Waals surface area contributed by atoms with Crippen LogP contribution in [-0.2, 0) is 38.7 Å². The lowest BCUT2D eigenvalue weighted by atomic mass is 9.95. The predicted molar refractivity (Wildman–Crippen MR) is 127 cm³/mol. The fourth-order valence-electron chi connectivity index (χ4n) is 4.22. The molecule has 0 aliphatic heterocycles. The minimum atomic E-state index is -5.10. The lowest BCUT2D eigenvalue weighted by Gasteiger charge is -2.28. The predicted octanol–water partition coefficient (Wildman–Crippen LogP) is 7.83. The fraction of sp³-hybridized carbons (Fsp3) is 0.269. The number of ether oxygens (including phenoxy) is 1. The highest BCUT2D eigenvalue weighted by Gasteiger charge is 2.37. The van der Waals surface area contributed by atoms with Crippen LogP contribution in [0.25, 0.3) is 11.1 Å². The van der Waals surface area contributed by atoms with E-state index >= 15 is 0 Å². The van der Waals surface area contributed by atoms with E-state index in [0.29, 0.717) is 12.1 Å². The third-order valence-corrected chi connectivity index (χ3v) is 6.07. The van der Waals surface area contributed by atoms with Gasteiger partial charge in [-0.3, -0.25) is 0 Å². The fourth-order valence-corrected chi connectivity index (χ4v) is 4.22. The van der Waals surface area contributed by atoms with Crippen molar-refractivity contribution >= 4 is 5.95 Å². The van der Waals surface area contributed by atoms with Gasteiger partial charge in [0.1, 0.15) is 11.6 Å². The Balaban J connectivity index is 1.85. The first-order valence-corrected chi connectivity index (χ1v) is 11.6. The van der Waals surface area contributed by atoms with Gasteiger partial charge < -0.3 is 9.64 Å². The molecule has 0 aliphatic rings. The Morgan fingerprint density at radius 3 is 1.85 bits per heavy atom. The van der Waals surface area contributed by atoms with Crippen LogP contribution in [0.15, 0.2) is 54.6 Å². The maximum atomic E-state index is 14.2. The maximum absolute atomic E-state index is 14.2. The van der Waals surface area contributed by atoms with Crippen molar-refractivity contribution in [2.24, 2.45) is 7.05 Å². The summed E-state index contributed by atoms with van der Waals surface area (Å²) < 4.78 is 141. The molecule has 0 saturated heterocycles. The first-order valence-electron chi connectivity index (χ1n) is 11.6. The topological polar surface area (TPSA) is 46.1 Å². The zero-order chi connectivity index (χ0) is 30.3. The van der Waals surface area contributed by atoms with Gasteiger partial charge in [0, 0.05) is 25.7 Å². The summed E-state index contributed by atoms with van der Waals surface area (Å²) in [5.41, 5.74) is -4.51. The van der Waals surface area contributed by atoms with E-state index in [1.54, 1.807) is 0 Å². The number of aryl methyl sites for hydroxylation is 1. The average Bonchev–Trinajstić information content (AvgIpc) is 2.84. The number of H-pyrrole nitrogens is 1. The zero-order valence-corrected chi connectivity index (χ0v) is 21.1. The Morgan fingerprint density at radius 1 is 0.756 bits per heavy atom. The lowest BCUT2D eigenvalue weighted by molar-refractivity contribution is -0.143. The summed E-state index contributed by atoms with van der Waals surface area (Å²) >= 11 is 0. The molecule has 1 aromatic heterocycles. The second-order valence-corrected chi connectivity index (χ2v) is 9.04. The quantitative estimate of drug-likeness (QED) is 0.222. The molecule has 5 nitrogen and oxygen atoms in total. The number of halogens is 10. The van der Waals surface area contributed by atoms with Crippen LogP contribution in [0, 0.1) is 5.82 Å². The minimum absolute atomic E-state index is 0.0259. The number of hydrogen-bond acceptors (Lipinski definition) is 3. The van der Waals surface area contributed by atoms with Crippen molar-refractivity contribution in [2.45, 2.75) is 31.6 Å². The van der Waals surface area contributed by atoms with E-state index in [1.165, 1.54) is 29.9 Å². The molecule has 0 radical (unpaired) electrons. The Hall–Kier alpha value is -4.17. The largest absolute Gasteiger partial charge is 0.496 e. The summed E-state index contributed by atoms with van der Waals surface area (Å²) in [4.78, 5) is 2.35. The zero-order valence-electron chi connectivity index (χ0n) is 21.1. The van der Waals surface area contributed by atoms with Gasteiger partial charge in [0.25, 0.3) is 0 Å². The van der Waals surface area contributed by atoms with Crippen molar-refractivity contribution < 1.29 is 48.6 Å². The van der Waals surface area contributed by atoms with Gasteiger partial charge in [0.15, 0.2) is 0 Å². The molecule has 41 heavy (non-hydrogen) atoms. The van der Waals surface area contributed by atoms with Crippen LogP contribution in [-0.4, -0.2) is 22.1 Å². The molecular formula is C26H20F10N4O. The number of hydrogen-bond donors (Lipinski definition) is 1. The summed E-state index contributed by atoms with van der Waals surface area (Å²) in [6, 6.07) is 7.01. The normalized spacial score (nSPS) is 12.6. The van der Waals surface area contributed by atoms with Crippen LogP contribution in [0.3, 0.4) is 0 Å². The number of methoxy groups -OCH3 is 1. The van der Waals surface area contributed by atoms with Crippen molar-refractivity contribution in [3.63, 3.8) is 0 Å². The number of anilines is 1. The molecular weight excluding hydrogens is 574 g/mol. The van der Waals surface area contributed by atoms with Crippen LogP contribution in [0.5, 0.6) is 5.75 Å². The molecule has 0 aliphatic carbocycles. The highest BCUT2D eigenvalue weighted by atomic mass is 19.4. The number of rotatable bonds is 7. The van der Waals surface area contributed by atoms with Crippen molar-refractivity contribution in [1.82, 2.24) is 15.0 Å². The highest BCUT2D eigenvalue weighted by Crippen LogP contribution is 2.39. The second kappa shape index (κ2) is 10.7. The molecule has 0 atom stereocenters. The van der Waals surface area contributed by atoms with E-state index < -0.39 is 59.7 Å². The van der Waals surface area contributed by atoms with Crippen molar-refractivity contribution in [1.29, 1.82) is 0 Å². The van der Waals surface area contributed by atoms with Gasteiger partial charge >= 0.3 is 18.5 Å². The Morgan fingerprint density at radius 2 is 1.34 bits per heavy atom. The molecule has 0 fully saturated rings. The number of aromatic nitrogens is 3. The molecule has 15 heteroatoms. The van der Waals surface area contributed by atoms with Gasteiger partial charge in [-0.2, -0.15) is 39.5 Å². The second-order valence-electron chi connectivity index (χ2n) is 9.04. The minimum Gasteiger partial charge on any atom is -0.496 e.